The number of aromatic nitrogens is 3. The first-order chi connectivity index (χ1) is 16.0. The second-order valence-electron chi connectivity index (χ2n) is 8.28. The Kier molecular flexibility index (Phi) is 6.88. The Morgan fingerprint density at radius 3 is 2.88 bits per heavy atom. The summed E-state index contributed by atoms with van der Waals surface area (Å²) in [6.07, 6.45) is 5.32. The molecule has 1 fully saturated rings. The second kappa shape index (κ2) is 9.99. The van der Waals surface area contributed by atoms with Crippen molar-refractivity contribution in [1.82, 2.24) is 19.4 Å². The van der Waals surface area contributed by atoms with Gasteiger partial charge in [-0.3, -0.25) is 19.5 Å². The first-order valence-corrected chi connectivity index (χ1v) is 11.3. The summed E-state index contributed by atoms with van der Waals surface area (Å²) in [5.74, 6) is 0.0380. The number of rotatable bonds is 8. The van der Waals surface area contributed by atoms with Crippen molar-refractivity contribution in [1.29, 1.82) is 0 Å². The molecule has 3 aromatic rings. The molecule has 1 aliphatic rings. The SMILES string of the molecule is CC[C@H]1CCCN1C(=O)c1cnc2c(c1)nc(NC(=O)c1cccc(N)c1)n2CCCOC. The molecule has 1 atom stereocenters. The Labute approximate surface area is 192 Å². The molecule has 0 spiro atoms. The fourth-order valence-corrected chi connectivity index (χ4v) is 4.35. The summed E-state index contributed by atoms with van der Waals surface area (Å²) < 4.78 is 7.02. The van der Waals surface area contributed by atoms with E-state index in [-0.39, 0.29) is 17.9 Å². The van der Waals surface area contributed by atoms with E-state index in [0.717, 1.165) is 32.2 Å². The van der Waals surface area contributed by atoms with Gasteiger partial charge in [-0.25, -0.2) is 9.97 Å². The number of nitrogen functional groups attached to an aromatic ring is 1. The topological polar surface area (TPSA) is 115 Å². The van der Waals surface area contributed by atoms with Crippen LogP contribution in [0.5, 0.6) is 0 Å². The van der Waals surface area contributed by atoms with Crippen LogP contribution in [0.4, 0.5) is 11.6 Å². The highest BCUT2D eigenvalue weighted by molar-refractivity contribution is 6.04. The van der Waals surface area contributed by atoms with Crippen molar-refractivity contribution in [3.05, 3.63) is 47.7 Å². The average Bonchev–Trinajstić information content (AvgIpc) is 3.43. The Morgan fingerprint density at radius 2 is 2.12 bits per heavy atom. The summed E-state index contributed by atoms with van der Waals surface area (Å²) in [7, 11) is 1.65. The zero-order valence-electron chi connectivity index (χ0n) is 19.1. The highest BCUT2D eigenvalue weighted by atomic mass is 16.5. The lowest BCUT2D eigenvalue weighted by atomic mass is 10.1. The molecule has 2 amide bonds. The molecule has 0 bridgehead atoms. The molecule has 9 nitrogen and oxygen atoms in total. The largest absolute Gasteiger partial charge is 0.399 e. The van der Waals surface area contributed by atoms with E-state index in [1.54, 1.807) is 43.6 Å². The van der Waals surface area contributed by atoms with E-state index in [1.807, 2.05) is 9.47 Å². The summed E-state index contributed by atoms with van der Waals surface area (Å²) in [5.41, 5.74) is 8.45. The number of imidazole rings is 1. The minimum absolute atomic E-state index is 0.0203. The first kappa shape index (κ1) is 22.7. The third-order valence-electron chi connectivity index (χ3n) is 6.05. The number of nitrogens with zero attached hydrogens (tertiary/aromatic N) is 4. The van der Waals surface area contributed by atoms with E-state index in [9.17, 15) is 9.59 Å². The zero-order valence-corrected chi connectivity index (χ0v) is 19.1. The van der Waals surface area contributed by atoms with Gasteiger partial charge in [0, 0.05) is 50.3 Å². The van der Waals surface area contributed by atoms with Crippen molar-refractivity contribution in [2.75, 3.05) is 31.3 Å². The number of nitrogens with one attached hydrogen (secondary N) is 1. The van der Waals surface area contributed by atoms with E-state index in [2.05, 4.69) is 22.2 Å². The molecule has 174 valence electrons. The van der Waals surface area contributed by atoms with Crippen LogP contribution in [0.3, 0.4) is 0 Å². The van der Waals surface area contributed by atoms with Crippen LogP contribution in [0.15, 0.2) is 36.5 Å². The fraction of sp³-hybridized carbons (Fsp3) is 0.417. The van der Waals surface area contributed by atoms with E-state index in [4.69, 9.17) is 10.5 Å². The van der Waals surface area contributed by atoms with E-state index < -0.39 is 0 Å². The standard InChI is InChI=1S/C24H30N6O3/c1-3-19-9-5-10-29(19)23(32)17-14-20-21(26-15-17)30(11-6-12-33-2)24(27-20)28-22(31)16-7-4-8-18(25)13-16/h4,7-8,13-15,19H,3,5-6,9-12,25H2,1-2H3,(H,27,28,31)/t19-/m0/s1. The number of likely N-dealkylation sites (tertiary alicyclic amines) is 1. The molecule has 3 N–H and O–H groups in total. The number of pyridine rings is 1. The number of carbonyl (C=O) groups excluding carboxylic acids is 2. The van der Waals surface area contributed by atoms with Crippen LogP contribution in [0.2, 0.25) is 0 Å². The van der Waals surface area contributed by atoms with Crippen molar-refractivity contribution in [3.63, 3.8) is 0 Å². The second-order valence-corrected chi connectivity index (χ2v) is 8.28. The summed E-state index contributed by atoms with van der Waals surface area (Å²) >= 11 is 0. The van der Waals surface area contributed by atoms with Gasteiger partial charge in [0.2, 0.25) is 5.95 Å². The number of anilines is 2. The lowest BCUT2D eigenvalue weighted by Crippen LogP contribution is -2.35. The molecule has 0 saturated carbocycles. The normalized spacial score (nSPS) is 15.8. The van der Waals surface area contributed by atoms with Crippen LogP contribution in [-0.2, 0) is 11.3 Å². The molecule has 2 aromatic heterocycles. The van der Waals surface area contributed by atoms with Gasteiger partial charge >= 0.3 is 0 Å². The van der Waals surface area contributed by atoms with Gasteiger partial charge in [0.05, 0.1) is 5.56 Å². The predicted molar refractivity (Wildman–Crippen MR) is 127 cm³/mol. The average molecular weight is 451 g/mol. The van der Waals surface area contributed by atoms with Gasteiger partial charge < -0.3 is 15.4 Å². The van der Waals surface area contributed by atoms with Crippen LogP contribution < -0.4 is 11.1 Å². The molecule has 33 heavy (non-hydrogen) atoms. The molecule has 1 aromatic carbocycles. The molecule has 9 heteroatoms. The number of fused-ring (bicyclic) bond motifs is 1. The smallest absolute Gasteiger partial charge is 0.258 e. The maximum Gasteiger partial charge on any atom is 0.258 e. The number of nitrogens with two attached hydrogens (primary N) is 1. The number of carbonyl (C=O) groups is 2. The Morgan fingerprint density at radius 1 is 1.27 bits per heavy atom. The zero-order chi connectivity index (χ0) is 23.4. The predicted octanol–water partition coefficient (Wildman–Crippen LogP) is 3.32. The lowest BCUT2D eigenvalue weighted by molar-refractivity contribution is 0.0733. The Balaban J connectivity index is 1.65. The minimum Gasteiger partial charge on any atom is -0.399 e. The quantitative estimate of drug-likeness (QED) is 0.402. The van der Waals surface area contributed by atoms with Crippen LogP contribution in [0.1, 0.15) is 53.3 Å². The maximum atomic E-state index is 13.1. The molecule has 0 unspecified atom stereocenters. The molecule has 3 heterocycles. The van der Waals surface area contributed by atoms with Gasteiger partial charge in [-0.2, -0.15) is 0 Å². The number of hydrogen-bond donors (Lipinski definition) is 2. The minimum atomic E-state index is -0.315. The van der Waals surface area contributed by atoms with Gasteiger partial charge in [0.25, 0.3) is 11.8 Å². The number of amides is 2. The summed E-state index contributed by atoms with van der Waals surface area (Å²) in [6, 6.07) is 8.79. The van der Waals surface area contributed by atoms with E-state index in [0.29, 0.717) is 47.1 Å². The summed E-state index contributed by atoms with van der Waals surface area (Å²) in [6.45, 7) is 3.99. The Bertz CT molecular complexity index is 1160. The monoisotopic (exact) mass is 450 g/mol. The molecular weight excluding hydrogens is 420 g/mol. The molecule has 4 rings (SSSR count). The first-order valence-electron chi connectivity index (χ1n) is 11.3. The molecule has 0 aliphatic carbocycles. The highest BCUT2D eigenvalue weighted by Gasteiger charge is 2.28. The van der Waals surface area contributed by atoms with E-state index in [1.165, 1.54) is 0 Å². The number of benzene rings is 1. The number of hydrogen-bond acceptors (Lipinski definition) is 6. The van der Waals surface area contributed by atoms with E-state index >= 15 is 0 Å². The maximum absolute atomic E-state index is 13.1. The summed E-state index contributed by atoms with van der Waals surface area (Å²) in [5, 5.41) is 2.87. The molecular formula is C24H30N6O3. The van der Waals surface area contributed by atoms with Gasteiger partial charge in [-0.15, -0.1) is 0 Å². The highest BCUT2D eigenvalue weighted by Crippen LogP contribution is 2.25. The third kappa shape index (κ3) is 4.83. The summed E-state index contributed by atoms with van der Waals surface area (Å²) in [4.78, 5) is 37.0. The van der Waals surface area contributed by atoms with Crippen molar-refractivity contribution in [3.8, 4) is 0 Å². The van der Waals surface area contributed by atoms with Crippen LogP contribution in [-0.4, -0.2) is 57.6 Å². The molecule has 1 saturated heterocycles. The fourth-order valence-electron chi connectivity index (χ4n) is 4.35. The van der Waals surface area contributed by atoms with Crippen LogP contribution >= 0.6 is 0 Å². The van der Waals surface area contributed by atoms with Crippen LogP contribution in [0, 0.1) is 0 Å². The number of ether oxygens (including phenoxy) is 1. The Hall–Kier alpha value is -3.46. The third-order valence-corrected chi connectivity index (χ3v) is 6.05. The number of methoxy groups -OCH3 is 1. The van der Waals surface area contributed by atoms with Crippen molar-refractivity contribution < 1.29 is 14.3 Å². The van der Waals surface area contributed by atoms with Crippen molar-refractivity contribution in [2.45, 2.75) is 45.2 Å². The van der Waals surface area contributed by atoms with Gasteiger partial charge in [-0.1, -0.05) is 13.0 Å². The van der Waals surface area contributed by atoms with Gasteiger partial charge in [0.15, 0.2) is 5.65 Å². The number of aryl methyl sites for hydroxylation is 1. The van der Waals surface area contributed by atoms with Crippen molar-refractivity contribution in [2.24, 2.45) is 0 Å². The van der Waals surface area contributed by atoms with Crippen molar-refractivity contribution >= 4 is 34.6 Å². The van der Waals surface area contributed by atoms with Gasteiger partial charge in [-0.05, 0) is 49.9 Å². The van der Waals surface area contributed by atoms with Gasteiger partial charge in [0.1, 0.15) is 5.52 Å². The lowest BCUT2D eigenvalue weighted by Gasteiger charge is -2.23. The van der Waals surface area contributed by atoms with Crippen LogP contribution in [0.25, 0.3) is 11.2 Å². The molecule has 0 radical (unpaired) electrons. The molecule has 1 aliphatic heterocycles.